The summed E-state index contributed by atoms with van der Waals surface area (Å²) in [6.07, 6.45) is 5.82. The number of carbonyl (C=O) groups is 3. The summed E-state index contributed by atoms with van der Waals surface area (Å²) >= 11 is 0. The van der Waals surface area contributed by atoms with Crippen LogP contribution in [-0.4, -0.2) is 34.8 Å². The van der Waals surface area contributed by atoms with E-state index in [1.54, 1.807) is 0 Å². The van der Waals surface area contributed by atoms with Crippen molar-refractivity contribution in [3.63, 3.8) is 0 Å². The van der Waals surface area contributed by atoms with Crippen molar-refractivity contribution < 1.29 is 19.5 Å². The lowest BCUT2D eigenvalue weighted by atomic mass is 9.77. The maximum Gasteiger partial charge on any atom is 0.331 e. The molecule has 0 aromatic rings. The van der Waals surface area contributed by atoms with Gasteiger partial charge in [-0.3, -0.25) is 9.59 Å². The van der Waals surface area contributed by atoms with Gasteiger partial charge in [-0.2, -0.15) is 0 Å². The molecule has 6 heteroatoms. The molecular weight excluding hydrogens is 296 g/mol. The SMILES string of the molecule is CCCCCCC(CC)C(=O)C(N)(C[C@@H]1CCNC1=O)C(=O)O. The number of ketones is 1. The number of Topliss-reactive ketones (excluding diaryl/α,β-unsaturated/α-hetero) is 1. The van der Waals surface area contributed by atoms with Gasteiger partial charge >= 0.3 is 5.97 Å². The van der Waals surface area contributed by atoms with Gasteiger partial charge in [-0.15, -0.1) is 0 Å². The van der Waals surface area contributed by atoms with Crippen molar-refractivity contribution in [2.45, 2.75) is 70.8 Å². The number of rotatable bonds is 11. The van der Waals surface area contributed by atoms with E-state index in [0.29, 0.717) is 25.8 Å². The summed E-state index contributed by atoms with van der Waals surface area (Å²) in [4.78, 5) is 36.1. The van der Waals surface area contributed by atoms with Gasteiger partial charge < -0.3 is 16.2 Å². The average molecular weight is 326 g/mol. The smallest absolute Gasteiger partial charge is 0.331 e. The Kier molecular flexibility index (Phi) is 7.68. The zero-order valence-corrected chi connectivity index (χ0v) is 14.3. The van der Waals surface area contributed by atoms with Crippen LogP contribution in [0, 0.1) is 11.8 Å². The standard InChI is InChI=1S/C17H30N2O4/c1-3-5-6-7-8-12(4-2)14(20)17(18,16(22)23)11-13-9-10-19-15(13)21/h12-13H,3-11,18H2,1-2H3,(H,19,21)(H,22,23)/t12?,13-,17?/m0/s1. The molecule has 1 heterocycles. The summed E-state index contributed by atoms with van der Waals surface area (Å²) in [5, 5.41) is 12.2. The number of nitrogens with two attached hydrogens (primary N) is 1. The highest BCUT2D eigenvalue weighted by atomic mass is 16.4. The molecule has 132 valence electrons. The molecule has 0 spiro atoms. The third-order valence-corrected chi connectivity index (χ3v) is 4.82. The summed E-state index contributed by atoms with van der Waals surface area (Å²) in [5.41, 5.74) is 4.04. The Balaban J connectivity index is 2.77. The molecule has 1 amide bonds. The molecule has 6 nitrogen and oxygen atoms in total. The molecule has 1 saturated heterocycles. The fourth-order valence-corrected chi connectivity index (χ4v) is 3.22. The van der Waals surface area contributed by atoms with E-state index in [1.807, 2.05) is 6.92 Å². The molecule has 1 rings (SSSR count). The van der Waals surface area contributed by atoms with Gasteiger partial charge in [0.2, 0.25) is 5.91 Å². The minimum atomic E-state index is -1.96. The summed E-state index contributed by atoms with van der Waals surface area (Å²) in [6, 6.07) is 0. The van der Waals surface area contributed by atoms with Crippen LogP contribution >= 0.6 is 0 Å². The molecule has 4 N–H and O–H groups in total. The first-order chi connectivity index (χ1) is 10.9. The van der Waals surface area contributed by atoms with Crippen molar-refractivity contribution in [1.29, 1.82) is 0 Å². The lowest BCUT2D eigenvalue weighted by Crippen LogP contribution is -2.58. The fourth-order valence-electron chi connectivity index (χ4n) is 3.22. The number of unbranched alkanes of at least 4 members (excludes halogenated alkanes) is 3. The van der Waals surface area contributed by atoms with Gasteiger partial charge in [-0.25, -0.2) is 4.79 Å². The first-order valence-corrected chi connectivity index (χ1v) is 8.71. The maximum atomic E-state index is 12.8. The van der Waals surface area contributed by atoms with Crippen LogP contribution in [0.4, 0.5) is 0 Å². The minimum absolute atomic E-state index is 0.113. The maximum absolute atomic E-state index is 12.8. The van der Waals surface area contributed by atoms with Gasteiger partial charge in [-0.05, 0) is 25.7 Å². The molecule has 1 fully saturated rings. The number of carbonyl (C=O) groups excluding carboxylic acids is 2. The summed E-state index contributed by atoms with van der Waals surface area (Å²) in [7, 11) is 0. The van der Waals surface area contributed by atoms with E-state index in [4.69, 9.17) is 5.73 Å². The van der Waals surface area contributed by atoms with Gasteiger partial charge in [0.05, 0.1) is 0 Å². The second-order valence-electron chi connectivity index (χ2n) is 6.58. The summed E-state index contributed by atoms with van der Waals surface area (Å²) in [6.45, 7) is 4.51. The number of carboxylic acid groups (broad SMARTS) is 1. The average Bonchev–Trinajstić information content (AvgIpc) is 2.91. The van der Waals surface area contributed by atoms with Gasteiger partial charge in [0.25, 0.3) is 0 Å². The zero-order chi connectivity index (χ0) is 17.5. The molecule has 23 heavy (non-hydrogen) atoms. The monoisotopic (exact) mass is 326 g/mol. The van der Waals surface area contributed by atoms with E-state index in [2.05, 4.69) is 12.2 Å². The van der Waals surface area contributed by atoms with E-state index in [1.165, 1.54) is 0 Å². The van der Waals surface area contributed by atoms with E-state index in [0.717, 1.165) is 25.7 Å². The lowest BCUT2D eigenvalue weighted by molar-refractivity contribution is -0.151. The third-order valence-electron chi connectivity index (χ3n) is 4.82. The highest BCUT2D eigenvalue weighted by molar-refractivity contribution is 6.09. The summed E-state index contributed by atoms with van der Waals surface area (Å²) < 4.78 is 0. The van der Waals surface area contributed by atoms with Crippen molar-refractivity contribution in [2.24, 2.45) is 17.6 Å². The summed E-state index contributed by atoms with van der Waals surface area (Å²) in [5.74, 6) is -2.79. The Morgan fingerprint density at radius 2 is 2.04 bits per heavy atom. The normalized spacial score (nSPS) is 21.5. The molecular formula is C17H30N2O4. The minimum Gasteiger partial charge on any atom is -0.480 e. The third kappa shape index (κ3) is 5.03. The second kappa shape index (κ2) is 9.01. The second-order valence-corrected chi connectivity index (χ2v) is 6.58. The largest absolute Gasteiger partial charge is 0.480 e. The van der Waals surface area contributed by atoms with Crippen molar-refractivity contribution >= 4 is 17.7 Å². The Morgan fingerprint density at radius 3 is 2.52 bits per heavy atom. The van der Waals surface area contributed by atoms with Crippen LogP contribution < -0.4 is 11.1 Å². The number of carboxylic acids is 1. The van der Waals surface area contributed by atoms with E-state index < -0.39 is 23.2 Å². The van der Waals surface area contributed by atoms with Crippen LogP contribution in [0.5, 0.6) is 0 Å². The molecule has 0 aromatic heterocycles. The van der Waals surface area contributed by atoms with Crippen LogP contribution in [0.2, 0.25) is 0 Å². The molecule has 0 aromatic carbocycles. The van der Waals surface area contributed by atoms with Crippen molar-refractivity contribution in [3.05, 3.63) is 0 Å². The molecule has 2 unspecified atom stereocenters. The lowest BCUT2D eigenvalue weighted by Gasteiger charge is -2.29. The Morgan fingerprint density at radius 1 is 1.35 bits per heavy atom. The number of amides is 1. The van der Waals surface area contributed by atoms with Crippen molar-refractivity contribution in [1.82, 2.24) is 5.32 Å². The Labute approximate surface area is 138 Å². The molecule has 1 aliphatic heterocycles. The highest BCUT2D eigenvalue weighted by Crippen LogP contribution is 2.28. The van der Waals surface area contributed by atoms with Crippen LogP contribution in [-0.2, 0) is 14.4 Å². The molecule has 1 aliphatic rings. The van der Waals surface area contributed by atoms with E-state index >= 15 is 0 Å². The molecule has 0 saturated carbocycles. The predicted molar refractivity (Wildman–Crippen MR) is 87.8 cm³/mol. The van der Waals surface area contributed by atoms with Gasteiger partial charge in [-0.1, -0.05) is 39.5 Å². The molecule has 3 atom stereocenters. The van der Waals surface area contributed by atoms with Crippen molar-refractivity contribution in [3.8, 4) is 0 Å². The molecule has 0 aliphatic carbocycles. The fraction of sp³-hybridized carbons (Fsp3) is 0.824. The number of hydrogen-bond donors (Lipinski definition) is 3. The van der Waals surface area contributed by atoms with Crippen LogP contribution in [0.1, 0.15) is 65.2 Å². The predicted octanol–water partition coefficient (Wildman–Crippen LogP) is 1.86. The van der Waals surface area contributed by atoms with Gasteiger partial charge in [0, 0.05) is 18.4 Å². The van der Waals surface area contributed by atoms with E-state index in [9.17, 15) is 19.5 Å². The van der Waals surface area contributed by atoms with E-state index in [-0.39, 0.29) is 18.2 Å². The van der Waals surface area contributed by atoms with Crippen LogP contribution in [0.15, 0.2) is 0 Å². The Hall–Kier alpha value is -1.43. The van der Waals surface area contributed by atoms with Gasteiger partial charge in [0.15, 0.2) is 11.3 Å². The first-order valence-electron chi connectivity index (χ1n) is 8.71. The van der Waals surface area contributed by atoms with Crippen molar-refractivity contribution in [2.75, 3.05) is 6.54 Å². The number of aliphatic carboxylic acids is 1. The zero-order valence-electron chi connectivity index (χ0n) is 14.3. The van der Waals surface area contributed by atoms with Crippen LogP contribution in [0.3, 0.4) is 0 Å². The van der Waals surface area contributed by atoms with Gasteiger partial charge in [0.1, 0.15) is 0 Å². The van der Waals surface area contributed by atoms with Crippen LogP contribution in [0.25, 0.3) is 0 Å². The highest BCUT2D eigenvalue weighted by Gasteiger charge is 2.47. The molecule has 0 radical (unpaired) electrons. The molecule has 0 bridgehead atoms. The topological polar surface area (TPSA) is 109 Å². The number of hydrogen-bond acceptors (Lipinski definition) is 4. The first kappa shape index (κ1) is 19.6. The Bertz CT molecular complexity index is 438. The quantitative estimate of drug-likeness (QED) is 0.396. The number of nitrogens with one attached hydrogen (secondary N) is 1.